The molecule has 0 saturated heterocycles. The van der Waals surface area contributed by atoms with Crippen molar-refractivity contribution in [1.82, 2.24) is 4.98 Å². The molecule has 1 spiro atoms. The van der Waals surface area contributed by atoms with E-state index in [0.29, 0.717) is 0 Å². The largest absolute Gasteiger partial charge is 0.308 e. The van der Waals surface area contributed by atoms with E-state index in [2.05, 4.69) is 234 Å². The minimum Gasteiger partial charge on any atom is -0.308 e. The van der Waals surface area contributed by atoms with Gasteiger partial charge in [0, 0.05) is 17.3 Å². The van der Waals surface area contributed by atoms with Crippen LogP contribution in [0.25, 0.3) is 87.6 Å². The fourth-order valence-corrected chi connectivity index (χ4v) is 11.8. The highest BCUT2D eigenvalue weighted by molar-refractivity contribution is 6.15. The van der Waals surface area contributed by atoms with Gasteiger partial charge in [-0.15, -0.1) is 0 Å². The summed E-state index contributed by atoms with van der Waals surface area (Å²) in [7, 11) is 0. The van der Waals surface area contributed by atoms with Crippen molar-refractivity contribution in [2.75, 3.05) is 4.90 Å². The predicted octanol–water partition coefficient (Wildman–Crippen LogP) is 16.8. The summed E-state index contributed by atoms with van der Waals surface area (Å²) in [5.74, 6) is 0. The first-order valence-corrected chi connectivity index (χ1v) is 22.9. The first kappa shape index (κ1) is 36.8. The number of rotatable bonds is 5. The fourth-order valence-electron chi connectivity index (χ4n) is 11.8. The van der Waals surface area contributed by atoms with E-state index in [4.69, 9.17) is 0 Å². The second kappa shape index (κ2) is 14.2. The third-order valence-electron chi connectivity index (χ3n) is 14.5. The Morgan fingerprint density at radius 2 is 0.955 bits per heavy atom. The van der Waals surface area contributed by atoms with Crippen LogP contribution in [0.1, 0.15) is 22.3 Å². The zero-order chi connectivity index (χ0) is 43.3. The SMILES string of the molecule is c1cncc(N(c2cccc(-c3ccc(-c4cc5ccccc5c5c4C4(c6ccccc6-c6c4ccc4ccccc64)c4c-5ccc5ccccc45)cc3)c2)c2cccc3ccccc23)c1. The second-order valence-electron chi connectivity index (χ2n) is 17.8. The average molecular weight is 837 g/mol. The summed E-state index contributed by atoms with van der Waals surface area (Å²) in [6.45, 7) is 0. The number of aromatic nitrogens is 1. The number of hydrogen-bond acceptors (Lipinski definition) is 2. The number of benzene rings is 11. The molecule has 2 aliphatic rings. The van der Waals surface area contributed by atoms with E-state index in [1.54, 1.807) is 0 Å². The third-order valence-corrected chi connectivity index (χ3v) is 14.5. The van der Waals surface area contributed by atoms with Crippen molar-refractivity contribution in [3.8, 4) is 44.5 Å². The molecule has 1 heterocycles. The molecule has 12 aromatic rings. The molecule has 0 amide bonds. The van der Waals surface area contributed by atoms with Gasteiger partial charge in [0.05, 0.1) is 23.0 Å². The lowest BCUT2D eigenvalue weighted by molar-refractivity contribution is 0.804. The van der Waals surface area contributed by atoms with Crippen molar-refractivity contribution in [2.45, 2.75) is 5.41 Å². The summed E-state index contributed by atoms with van der Waals surface area (Å²) in [6.07, 6.45) is 3.78. The normalized spacial score (nSPS) is 14.4. The topological polar surface area (TPSA) is 16.1 Å². The molecule has 66 heavy (non-hydrogen) atoms. The zero-order valence-corrected chi connectivity index (χ0v) is 36.0. The Morgan fingerprint density at radius 1 is 0.333 bits per heavy atom. The number of hydrogen-bond donors (Lipinski definition) is 0. The highest BCUT2D eigenvalue weighted by Crippen LogP contribution is 2.67. The van der Waals surface area contributed by atoms with E-state index in [9.17, 15) is 0 Å². The van der Waals surface area contributed by atoms with Gasteiger partial charge in [0.25, 0.3) is 0 Å². The lowest BCUT2D eigenvalue weighted by Crippen LogP contribution is -2.27. The monoisotopic (exact) mass is 836 g/mol. The third kappa shape index (κ3) is 5.15. The van der Waals surface area contributed by atoms with Crippen LogP contribution in [0.5, 0.6) is 0 Å². The highest BCUT2D eigenvalue weighted by Gasteiger charge is 2.54. The maximum atomic E-state index is 4.55. The number of anilines is 3. The molecule has 14 rings (SSSR count). The Bertz CT molecular complexity index is 3940. The molecule has 0 radical (unpaired) electrons. The Balaban J connectivity index is 0.998. The number of fused-ring (bicyclic) bond motifs is 17. The van der Waals surface area contributed by atoms with E-state index < -0.39 is 5.41 Å². The zero-order valence-electron chi connectivity index (χ0n) is 36.0. The minimum absolute atomic E-state index is 0.564. The maximum Gasteiger partial charge on any atom is 0.0737 e. The van der Waals surface area contributed by atoms with Gasteiger partial charge in [-0.05, 0) is 141 Å². The van der Waals surface area contributed by atoms with Crippen LogP contribution in [0, 0.1) is 0 Å². The maximum absolute atomic E-state index is 4.55. The molecule has 2 aliphatic carbocycles. The summed E-state index contributed by atoms with van der Waals surface area (Å²) < 4.78 is 0. The first-order chi connectivity index (χ1) is 32.8. The van der Waals surface area contributed by atoms with E-state index in [1.165, 1.54) is 98.7 Å². The molecule has 11 aromatic carbocycles. The van der Waals surface area contributed by atoms with Crippen LogP contribution in [0.3, 0.4) is 0 Å². The lowest BCUT2D eigenvalue weighted by Gasteiger charge is -2.33. The van der Waals surface area contributed by atoms with Gasteiger partial charge in [-0.25, -0.2) is 0 Å². The Hall–Kier alpha value is -8.59. The van der Waals surface area contributed by atoms with Crippen LogP contribution < -0.4 is 4.90 Å². The standard InChI is InChI=1S/C64H40N2/c1-5-22-50-42(14-1)18-12-28-59(50)66(49-21-13-37-65-40-49)48-20-11-19-46(38-48)41-29-31-45(32-30-41)56-39-47-17-4-7-24-52(47)61-55-35-33-44-16-3-8-25-53(44)62(55)64(63(56)61)57-27-10-9-26-54(57)60-51-23-6-2-15-43(51)34-36-58(60)64/h1-40H. The molecule has 1 aromatic heterocycles. The van der Waals surface area contributed by atoms with Crippen LogP contribution in [-0.4, -0.2) is 4.98 Å². The van der Waals surface area contributed by atoms with E-state index in [-0.39, 0.29) is 0 Å². The molecule has 1 atom stereocenters. The van der Waals surface area contributed by atoms with Crippen LogP contribution in [0.4, 0.5) is 17.1 Å². The molecule has 0 bridgehead atoms. The Morgan fingerprint density at radius 3 is 1.76 bits per heavy atom. The average Bonchev–Trinajstić information content (AvgIpc) is 3.87. The molecule has 2 heteroatoms. The van der Waals surface area contributed by atoms with Gasteiger partial charge in [-0.2, -0.15) is 0 Å². The minimum atomic E-state index is -0.564. The summed E-state index contributed by atoms with van der Waals surface area (Å²) in [6, 6.07) is 85.7. The predicted molar refractivity (Wildman–Crippen MR) is 276 cm³/mol. The molecule has 0 fully saturated rings. The van der Waals surface area contributed by atoms with Gasteiger partial charge in [-0.1, -0.05) is 194 Å². The number of nitrogens with zero attached hydrogens (tertiary/aromatic N) is 2. The van der Waals surface area contributed by atoms with Crippen LogP contribution in [-0.2, 0) is 5.41 Å². The van der Waals surface area contributed by atoms with Crippen LogP contribution in [0.2, 0.25) is 0 Å². The second-order valence-corrected chi connectivity index (χ2v) is 17.8. The lowest BCUT2D eigenvalue weighted by atomic mass is 9.67. The first-order valence-electron chi connectivity index (χ1n) is 22.9. The highest BCUT2D eigenvalue weighted by atomic mass is 15.1. The van der Waals surface area contributed by atoms with Gasteiger partial charge in [-0.3, -0.25) is 4.98 Å². The van der Waals surface area contributed by atoms with Gasteiger partial charge in [0.2, 0.25) is 0 Å². The van der Waals surface area contributed by atoms with Crippen LogP contribution >= 0.6 is 0 Å². The molecule has 0 N–H and O–H groups in total. The van der Waals surface area contributed by atoms with E-state index >= 15 is 0 Å². The van der Waals surface area contributed by atoms with Crippen molar-refractivity contribution >= 4 is 60.2 Å². The smallest absolute Gasteiger partial charge is 0.0737 e. The molecule has 1 unspecified atom stereocenters. The van der Waals surface area contributed by atoms with Gasteiger partial charge in [0.1, 0.15) is 0 Å². The summed E-state index contributed by atoms with van der Waals surface area (Å²) in [5.41, 5.74) is 18.2. The summed E-state index contributed by atoms with van der Waals surface area (Å²) >= 11 is 0. The molecule has 2 nitrogen and oxygen atoms in total. The van der Waals surface area contributed by atoms with Crippen molar-refractivity contribution in [3.05, 3.63) is 265 Å². The summed E-state index contributed by atoms with van der Waals surface area (Å²) in [4.78, 5) is 6.88. The van der Waals surface area contributed by atoms with Crippen molar-refractivity contribution in [2.24, 2.45) is 0 Å². The van der Waals surface area contributed by atoms with Gasteiger partial charge in [0.15, 0.2) is 0 Å². The van der Waals surface area contributed by atoms with Crippen molar-refractivity contribution in [3.63, 3.8) is 0 Å². The molecule has 0 aliphatic heterocycles. The van der Waals surface area contributed by atoms with Crippen molar-refractivity contribution in [1.29, 1.82) is 0 Å². The molecular formula is C64H40N2. The van der Waals surface area contributed by atoms with E-state index in [0.717, 1.165) is 28.2 Å². The molecular weight excluding hydrogens is 797 g/mol. The van der Waals surface area contributed by atoms with Crippen LogP contribution in [0.15, 0.2) is 243 Å². The quantitative estimate of drug-likeness (QED) is 0.172. The van der Waals surface area contributed by atoms with Crippen molar-refractivity contribution < 1.29 is 0 Å². The molecule has 0 saturated carbocycles. The fraction of sp³-hybridized carbons (Fsp3) is 0.0156. The van der Waals surface area contributed by atoms with Gasteiger partial charge >= 0.3 is 0 Å². The van der Waals surface area contributed by atoms with E-state index in [1.807, 2.05) is 18.5 Å². The Kier molecular flexibility index (Phi) is 7.93. The Labute approximate surface area is 383 Å². The molecule has 306 valence electrons. The number of pyridine rings is 1. The summed E-state index contributed by atoms with van der Waals surface area (Å²) in [5, 5.41) is 10.0. The van der Waals surface area contributed by atoms with Gasteiger partial charge < -0.3 is 4.90 Å².